The number of anilines is 1. The predicted molar refractivity (Wildman–Crippen MR) is 70.6 cm³/mol. The van der Waals surface area contributed by atoms with Gasteiger partial charge in [-0.1, -0.05) is 0 Å². The molecule has 0 bridgehead atoms. The van der Waals surface area contributed by atoms with E-state index in [2.05, 4.69) is 15.3 Å². The van der Waals surface area contributed by atoms with E-state index in [0.29, 0.717) is 6.42 Å². The Labute approximate surface area is 105 Å². The molecule has 0 saturated carbocycles. The Hall–Kier alpha value is -1.88. The number of aromatic amines is 1. The average molecular weight is 244 g/mol. The van der Waals surface area contributed by atoms with Crippen LogP contribution in [0.4, 0.5) is 5.69 Å². The molecule has 0 radical (unpaired) electrons. The SMILES string of the molecule is CNC1CC(=O)N(c2ccc3nc(C)[nH]c3c2)C1. The van der Waals surface area contributed by atoms with Crippen LogP contribution in [0.1, 0.15) is 12.2 Å². The van der Waals surface area contributed by atoms with E-state index in [4.69, 9.17) is 0 Å². The highest BCUT2D eigenvalue weighted by Gasteiger charge is 2.29. The van der Waals surface area contributed by atoms with E-state index in [9.17, 15) is 4.79 Å². The van der Waals surface area contributed by atoms with Crippen molar-refractivity contribution in [1.29, 1.82) is 0 Å². The van der Waals surface area contributed by atoms with Crippen LogP contribution in [0.5, 0.6) is 0 Å². The number of likely N-dealkylation sites (N-methyl/N-ethyl adjacent to an activating group) is 1. The van der Waals surface area contributed by atoms with Crippen molar-refractivity contribution < 1.29 is 4.79 Å². The smallest absolute Gasteiger partial charge is 0.228 e. The monoisotopic (exact) mass is 244 g/mol. The number of hydrogen-bond donors (Lipinski definition) is 2. The van der Waals surface area contributed by atoms with Crippen LogP contribution in [-0.4, -0.2) is 35.5 Å². The highest BCUT2D eigenvalue weighted by molar-refractivity contribution is 5.97. The molecule has 2 N–H and O–H groups in total. The number of aromatic nitrogens is 2. The Morgan fingerprint density at radius 3 is 3.06 bits per heavy atom. The number of fused-ring (bicyclic) bond motifs is 1. The Morgan fingerprint density at radius 2 is 2.33 bits per heavy atom. The molecule has 1 atom stereocenters. The molecular weight excluding hydrogens is 228 g/mol. The molecule has 5 nitrogen and oxygen atoms in total. The van der Waals surface area contributed by atoms with Crippen molar-refractivity contribution in [2.24, 2.45) is 0 Å². The summed E-state index contributed by atoms with van der Waals surface area (Å²) in [6.07, 6.45) is 0.566. The zero-order valence-corrected chi connectivity index (χ0v) is 10.5. The van der Waals surface area contributed by atoms with Crippen molar-refractivity contribution in [2.45, 2.75) is 19.4 Å². The summed E-state index contributed by atoms with van der Waals surface area (Å²) in [5, 5.41) is 3.15. The largest absolute Gasteiger partial charge is 0.342 e. The minimum Gasteiger partial charge on any atom is -0.342 e. The molecule has 1 aliphatic rings. The lowest BCUT2D eigenvalue weighted by Gasteiger charge is -2.16. The van der Waals surface area contributed by atoms with Crippen LogP contribution in [-0.2, 0) is 4.79 Å². The van der Waals surface area contributed by atoms with Crippen molar-refractivity contribution in [2.75, 3.05) is 18.5 Å². The molecule has 18 heavy (non-hydrogen) atoms. The second-order valence-corrected chi connectivity index (χ2v) is 4.72. The van der Waals surface area contributed by atoms with Crippen LogP contribution in [0.3, 0.4) is 0 Å². The van der Waals surface area contributed by atoms with Gasteiger partial charge in [0.25, 0.3) is 0 Å². The molecule has 0 spiro atoms. The van der Waals surface area contributed by atoms with Crippen molar-refractivity contribution in [3.63, 3.8) is 0 Å². The third-order valence-electron chi connectivity index (χ3n) is 3.43. The summed E-state index contributed by atoms with van der Waals surface area (Å²) in [6.45, 7) is 2.66. The molecule has 2 aromatic rings. The normalized spacial score (nSPS) is 20.0. The van der Waals surface area contributed by atoms with Crippen LogP contribution in [0.25, 0.3) is 11.0 Å². The minimum atomic E-state index is 0.171. The third-order valence-corrected chi connectivity index (χ3v) is 3.43. The van der Waals surface area contributed by atoms with Crippen LogP contribution < -0.4 is 10.2 Å². The number of imidazole rings is 1. The van der Waals surface area contributed by atoms with E-state index in [1.54, 1.807) is 0 Å². The molecule has 1 unspecified atom stereocenters. The van der Waals surface area contributed by atoms with Gasteiger partial charge in [0.15, 0.2) is 0 Å². The first-order valence-corrected chi connectivity index (χ1v) is 6.11. The maximum absolute atomic E-state index is 11.9. The summed E-state index contributed by atoms with van der Waals surface area (Å²) in [7, 11) is 1.89. The van der Waals surface area contributed by atoms with Crippen molar-refractivity contribution >= 4 is 22.6 Å². The summed E-state index contributed by atoms with van der Waals surface area (Å²) in [6, 6.07) is 6.15. The highest BCUT2D eigenvalue weighted by atomic mass is 16.2. The van der Waals surface area contributed by atoms with E-state index in [-0.39, 0.29) is 11.9 Å². The second-order valence-electron chi connectivity index (χ2n) is 4.72. The van der Waals surface area contributed by atoms with Crippen LogP contribution >= 0.6 is 0 Å². The summed E-state index contributed by atoms with van der Waals surface area (Å²) in [5.74, 6) is 1.06. The maximum atomic E-state index is 11.9. The van der Waals surface area contributed by atoms with E-state index in [1.807, 2.05) is 37.1 Å². The van der Waals surface area contributed by atoms with E-state index in [0.717, 1.165) is 29.1 Å². The minimum absolute atomic E-state index is 0.171. The number of rotatable bonds is 2. The molecule has 2 heterocycles. The zero-order chi connectivity index (χ0) is 12.7. The summed E-state index contributed by atoms with van der Waals surface area (Å²) in [4.78, 5) is 21.3. The van der Waals surface area contributed by atoms with Crippen molar-refractivity contribution in [3.8, 4) is 0 Å². The fourth-order valence-electron chi connectivity index (χ4n) is 2.44. The molecule has 1 aromatic heterocycles. The van der Waals surface area contributed by atoms with Gasteiger partial charge in [-0.15, -0.1) is 0 Å². The van der Waals surface area contributed by atoms with Crippen molar-refractivity contribution in [3.05, 3.63) is 24.0 Å². The van der Waals surface area contributed by atoms with Gasteiger partial charge in [0.1, 0.15) is 5.82 Å². The summed E-state index contributed by atoms with van der Waals surface area (Å²) >= 11 is 0. The topological polar surface area (TPSA) is 61.0 Å². The zero-order valence-electron chi connectivity index (χ0n) is 10.5. The number of nitrogens with one attached hydrogen (secondary N) is 2. The molecule has 5 heteroatoms. The molecule has 1 fully saturated rings. The Kier molecular flexibility index (Phi) is 2.56. The number of hydrogen-bond acceptors (Lipinski definition) is 3. The number of H-pyrrole nitrogens is 1. The first-order valence-electron chi connectivity index (χ1n) is 6.11. The van der Waals surface area contributed by atoms with Gasteiger partial charge in [-0.25, -0.2) is 4.98 Å². The van der Waals surface area contributed by atoms with Gasteiger partial charge in [-0.3, -0.25) is 4.79 Å². The fraction of sp³-hybridized carbons (Fsp3) is 0.385. The molecule has 1 aromatic carbocycles. The van der Waals surface area contributed by atoms with Gasteiger partial charge in [-0.2, -0.15) is 0 Å². The second kappa shape index (κ2) is 4.10. The Morgan fingerprint density at radius 1 is 1.50 bits per heavy atom. The number of amides is 1. The number of aryl methyl sites for hydroxylation is 1. The molecule has 0 aliphatic carbocycles. The first kappa shape index (κ1) is 11.2. The van der Waals surface area contributed by atoms with E-state index in [1.165, 1.54) is 0 Å². The number of benzene rings is 1. The van der Waals surface area contributed by atoms with Gasteiger partial charge in [0.05, 0.1) is 11.0 Å². The first-order chi connectivity index (χ1) is 8.67. The third kappa shape index (κ3) is 1.76. The lowest BCUT2D eigenvalue weighted by atomic mass is 10.2. The van der Waals surface area contributed by atoms with E-state index >= 15 is 0 Å². The van der Waals surface area contributed by atoms with Crippen LogP contribution in [0, 0.1) is 6.92 Å². The number of carbonyl (C=O) groups is 1. The van der Waals surface area contributed by atoms with Crippen molar-refractivity contribution in [1.82, 2.24) is 15.3 Å². The van der Waals surface area contributed by atoms with Gasteiger partial charge in [0.2, 0.25) is 5.91 Å². The molecular formula is C13H16N4O. The van der Waals surface area contributed by atoms with Crippen LogP contribution in [0.2, 0.25) is 0 Å². The number of nitrogens with zero attached hydrogens (tertiary/aromatic N) is 2. The Bertz CT molecular complexity index is 604. The molecule has 1 saturated heterocycles. The van der Waals surface area contributed by atoms with E-state index < -0.39 is 0 Å². The molecule has 94 valence electrons. The number of carbonyl (C=O) groups excluding carboxylic acids is 1. The standard InChI is InChI=1S/C13H16N4O/c1-8-15-11-4-3-10(6-12(11)16-8)17-7-9(14-2)5-13(17)18/h3-4,6,9,14H,5,7H2,1-2H3,(H,15,16). The summed E-state index contributed by atoms with van der Waals surface area (Å²) < 4.78 is 0. The van der Waals surface area contributed by atoms with Gasteiger partial charge in [-0.05, 0) is 32.2 Å². The molecule has 1 amide bonds. The molecule has 1 aliphatic heterocycles. The summed E-state index contributed by atoms with van der Waals surface area (Å²) in [5.41, 5.74) is 2.85. The lowest BCUT2D eigenvalue weighted by Crippen LogP contribution is -2.30. The maximum Gasteiger partial charge on any atom is 0.228 e. The lowest BCUT2D eigenvalue weighted by molar-refractivity contribution is -0.117. The van der Waals surface area contributed by atoms with Gasteiger partial charge >= 0.3 is 0 Å². The fourth-order valence-corrected chi connectivity index (χ4v) is 2.44. The average Bonchev–Trinajstić information content (AvgIpc) is 2.89. The predicted octanol–water partition coefficient (Wildman–Crippen LogP) is 1.20. The highest BCUT2D eigenvalue weighted by Crippen LogP contribution is 2.24. The Balaban J connectivity index is 1.96. The van der Waals surface area contributed by atoms with Gasteiger partial charge in [0, 0.05) is 24.7 Å². The quantitative estimate of drug-likeness (QED) is 0.834. The van der Waals surface area contributed by atoms with Crippen LogP contribution in [0.15, 0.2) is 18.2 Å². The van der Waals surface area contributed by atoms with Gasteiger partial charge < -0.3 is 15.2 Å². The molecule has 3 rings (SSSR count).